The number of methoxy groups -OCH3 is 1. The van der Waals surface area contributed by atoms with Crippen molar-refractivity contribution in [1.82, 2.24) is 10.2 Å². The number of esters is 1. The van der Waals surface area contributed by atoms with Crippen LogP contribution in [0, 0.1) is 11.8 Å². The van der Waals surface area contributed by atoms with Gasteiger partial charge in [0.15, 0.2) is 0 Å². The highest BCUT2D eigenvalue weighted by atomic mass is 16.5. The lowest BCUT2D eigenvalue weighted by atomic mass is 9.86. The van der Waals surface area contributed by atoms with E-state index < -0.39 is 0 Å². The molecule has 1 saturated carbocycles. The first-order valence-corrected chi connectivity index (χ1v) is 8.09. The van der Waals surface area contributed by atoms with E-state index in [1.807, 2.05) is 0 Å². The smallest absolute Gasteiger partial charge is 0.322 e. The van der Waals surface area contributed by atoms with Gasteiger partial charge < -0.3 is 15.0 Å². The Morgan fingerprint density at radius 1 is 1.35 bits per heavy atom. The molecule has 1 heterocycles. The summed E-state index contributed by atoms with van der Waals surface area (Å²) in [6, 6.07) is 1.02. The minimum atomic E-state index is -0.132. The number of nitrogens with one attached hydrogen (secondary N) is 1. The Morgan fingerprint density at radius 2 is 2.05 bits per heavy atom. The number of likely N-dealkylation sites (tertiary alicyclic amines) is 1. The monoisotopic (exact) mass is 282 g/mol. The standard InChI is InChI=1S/C16H30N2O2/c1-11-9-12(2)13(3)18(10-11)8-7-15(16(19)20-4)17-14-5-6-14/h11-15,17H,5-10H2,1-4H3. The minimum absolute atomic E-state index is 0.109. The van der Waals surface area contributed by atoms with E-state index in [0.29, 0.717) is 12.1 Å². The predicted molar refractivity (Wildman–Crippen MR) is 80.6 cm³/mol. The van der Waals surface area contributed by atoms with E-state index in [1.54, 1.807) is 0 Å². The Balaban J connectivity index is 1.85. The zero-order valence-corrected chi connectivity index (χ0v) is 13.4. The Kier molecular flexibility index (Phi) is 5.44. The van der Waals surface area contributed by atoms with Gasteiger partial charge in [-0.25, -0.2) is 0 Å². The predicted octanol–water partition coefficient (Wildman–Crippen LogP) is 2.04. The molecule has 116 valence electrons. The molecule has 0 radical (unpaired) electrons. The fourth-order valence-corrected chi connectivity index (χ4v) is 3.37. The number of hydrogen-bond acceptors (Lipinski definition) is 4. The normalized spacial score (nSPS) is 32.9. The summed E-state index contributed by atoms with van der Waals surface area (Å²) in [5.41, 5.74) is 0. The summed E-state index contributed by atoms with van der Waals surface area (Å²) >= 11 is 0. The van der Waals surface area contributed by atoms with Gasteiger partial charge in [0.25, 0.3) is 0 Å². The van der Waals surface area contributed by atoms with Crippen LogP contribution in [0.1, 0.15) is 46.5 Å². The van der Waals surface area contributed by atoms with Crippen LogP contribution in [0.25, 0.3) is 0 Å². The molecular formula is C16H30N2O2. The highest BCUT2D eigenvalue weighted by molar-refractivity contribution is 5.75. The summed E-state index contributed by atoms with van der Waals surface area (Å²) in [7, 11) is 1.48. The maximum Gasteiger partial charge on any atom is 0.322 e. The van der Waals surface area contributed by atoms with E-state index in [2.05, 4.69) is 31.0 Å². The van der Waals surface area contributed by atoms with E-state index in [1.165, 1.54) is 26.4 Å². The highest BCUT2D eigenvalue weighted by Crippen LogP contribution is 2.27. The highest BCUT2D eigenvalue weighted by Gasteiger charge is 2.32. The van der Waals surface area contributed by atoms with Gasteiger partial charge in [0, 0.05) is 25.2 Å². The second kappa shape index (κ2) is 6.90. The fraction of sp³-hybridized carbons (Fsp3) is 0.938. The van der Waals surface area contributed by atoms with Gasteiger partial charge in [0.05, 0.1) is 7.11 Å². The molecule has 0 aromatic carbocycles. The van der Waals surface area contributed by atoms with Gasteiger partial charge in [0.2, 0.25) is 0 Å². The molecule has 20 heavy (non-hydrogen) atoms. The molecule has 1 N–H and O–H groups in total. The number of rotatable bonds is 6. The van der Waals surface area contributed by atoms with E-state index in [0.717, 1.165) is 31.3 Å². The first kappa shape index (κ1) is 15.8. The third-order valence-electron chi connectivity index (χ3n) is 4.92. The average Bonchev–Trinajstić information content (AvgIpc) is 3.22. The quantitative estimate of drug-likeness (QED) is 0.757. The molecule has 0 amide bonds. The molecule has 2 rings (SSSR count). The lowest BCUT2D eigenvalue weighted by Gasteiger charge is -2.41. The van der Waals surface area contributed by atoms with Crippen molar-refractivity contribution in [2.24, 2.45) is 11.8 Å². The first-order chi connectivity index (χ1) is 9.51. The number of carbonyl (C=O) groups excluding carboxylic acids is 1. The Hall–Kier alpha value is -0.610. The zero-order chi connectivity index (χ0) is 14.7. The van der Waals surface area contributed by atoms with Crippen LogP contribution in [-0.4, -0.2) is 49.2 Å². The molecular weight excluding hydrogens is 252 g/mol. The van der Waals surface area contributed by atoms with Gasteiger partial charge in [-0.3, -0.25) is 4.79 Å². The molecule has 1 aliphatic heterocycles. The van der Waals surface area contributed by atoms with Crippen molar-refractivity contribution in [3.63, 3.8) is 0 Å². The molecule has 0 spiro atoms. The van der Waals surface area contributed by atoms with Crippen molar-refractivity contribution in [3.05, 3.63) is 0 Å². The molecule has 2 aliphatic rings. The van der Waals surface area contributed by atoms with Crippen LogP contribution in [0.5, 0.6) is 0 Å². The number of nitrogens with zero attached hydrogens (tertiary/aromatic N) is 1. The average molecular weight is 282 g/mol. The summed E-state index contributed by atoms with van der Waals surface area (Å²) < 4.78 is 4.93. The van der Waals surface area contributed by atoms with Gasteiger partial charge in [-0.05, 0) is 44.4 Å². The number of carbonyl (C=O) groups is 1. The lowest BCUT2D eigenvalue weighted by molar-refractivity contribution is -0.143. The van der Waals surface area contributed by atoms with Crippen molar-refractivity contribution >= 4 is 5.97 Å². The van der Waals surface area contributed by atoms with E-state index >= 15 is 0 Å². The second-order valence-electron chi connectivity index (χ2n) is 6.86. The Bertz CT molecular complexity index is 330. The summed E-state index contributed by atoms with van der Waals surface area (Å²) in [5, 5.41) is 3.42. The molecule has 0 aromatic heterocycles. The molecule has 4 unspecified atom stereocenters. The minimum Gasteiger partial charge on any atom is -0.468 e. The van der Waals surface area contributed by atoms with Gasteiger partial charge in [-0.2, -0.15) is 0 Å². The van der Waals surface area contributed by atoms with Crippen LogP contribution < -0.4 is 5.32 Å². The third kappa shape index (κ3) is 4.19. The molecule has 4 atom stereocenters. The molecule has 1 saturated heterocycles. The third-order valence-corrected chi connectivity index (χ3v) is 4.92. The fourth-order valence-electron chi connectivity index (χ4n) is 3.37. The van der Waals surface area contributed by atoms with Crippen molar-refractivity contribution in [2.45, 2.75) is 64.6 Å². The molecule has 4 nitrogen and oxygen atoms in total. The lowest BCUT2D eigenvalue weighted by Crippen LogP contribution is -2.48. The maximum absolute atomic E-state index is 11.9. The van der Waals surface area contributed by atoms with Crippen LogP contribution >= 0.6 is 0 Å². The van der Waals surface area contributed by atoms with Crippen LogP contribution in [0.15, 0.2) is 0 Å². The molecule has 0 aromatic rings. The number of hydrogen-bond donors (Lipinski definition) is 1. The van der Waals surface area contributed by atoms with Gasteiger partial charge in [-0.1, -0.05) is 13.8 Å². The van der Waals surface area contributed by atoms with Crippen LogP contribution in [-0.2, 0) is 9.53 Å². The summed E-state index contributed by atoms with van der Waals surface area (Å²) in [6.45, 7) is 9.12. The SMILES string of the molecule is COC(=O)C(CCN1CC(C)CC(C)C1C)NC1CC1. The Morgan fingerprint density at radius 3 is 2.65 bits per heavy atom. The van der Waals surface area contributed by atoms with Gasteiger partial charge >= 0.3 is 5.97 Å². The van der Waals surface area contributed by atoms with E-state index in [-0.39, 0.29) is 12.0 Å². The second-order valence-corrected chi connectivity index (χ2v) is 6.86. The number of ether oxygens (including phenoxy) is 1. The van der Waals surface area contributed by atoms with Crippen LogP contribution in [0.3, 0.4) is 0 Å². The molecule has 0 bridgehead atoms. The molecule has 2 fully saturated rings. The van der Waals surface area contributed by atoms with Crippen molar-refractivity contribution < 1.29 is 9.53 Å². The van der Waals surface area contributed by atoms with Crippen molar-refractivity contribution in [1.29, 1.82) is 0 Å². The Labute approximate surface area is 123 Å². The first-order valence-electron chi connectivity index (χ1n) is 8.09. The van der Waals surface area contributed by atoms with Gasteiger partial charge in [0.1, 0.15) is 6.04 Å². The van der Waals surface area contributed by atoms with Crippen molar-refractivity contribution in [2.75, 3.05) is 20.2 Å². The van der Waals surface area contributed by atoms with E-state index in [9.17, 15) is 4.79 Å². The summed E-state index contributed by atoms with van der Waals surface area (Å²) in [6.07, 6.45) is 4.56. The zero-order valence-electron chi connectivity index (χ0n) is 13.4. The topological polar surface area (TPSA) is 41.6 Å². The van der Waals surface area contributed by atoms with Crippen LogP contribution in [0.4, 0.5) is 0 Å². The van der Waals surface area contributed by atoms with E-state index in [4.69, 9.17) is 4.74 Å². The molecule has 1 aliphatic carbocycles. The molecule has 4 heteroatoms. The summed E-state index contributed by atoms with van der Waals surface area (Å²) in [5.74, 6) is 1.39. The number of piperidine rings is 1. The van der Waals surface area contributed by atoms with Gasteiger partial charge in [-0.15, -0.1) is 0 Å². The van der Waals surface area contributed by atoms with Crippen molar-refractivity contribution in [3.8, 4) is 0 Å². The largest absolute Gasteiger partial charge is 0.468 e. The summed E-state index contributed by atoms with van der Waals surface area (Å²) in [4.78, 5) is 14.4. The van der Waals surface area contributed by atoms with Crippen LogP contribution in [0.2, 0.25) is 0 Å². The maximum atomic E-state index is 11.9.